The molecule has 1 atom stereocenters. The lowest BCUT2D eigenvalue weighted by Crippen LogP contribution is -2.39. The Hall–Kier alpha value is -1.39. The first-order valence-electron chi connectivity index (χ1n) is 6.33. The molecule has 1 aromatic rings. The van der Waals surface area contributed by atoms with E-state index in [-0.39, 0.29) is 25.2 Å². The molecule has 0 radical (unpaired) electrons. The average molecular weight is 249 g/mol. The summed E-state index contributed by atoms with van der Waals surface area (Å²) in [6, 6.07) is 9.77. The summed E-state index contributed by atoms with van der Waals surface area (Å²) in [4.78, 5) is 13.6. The highest BCUT2D eigenvalue weighted by Gasteiger charge is 2.27. The zero-order valence-electron chi connectivity index (χ0n) is 10.4. The number of nitrogens with zero attached hydrogens (tertiary/aromatic N) is 1. The SMILES string of the molecule is O=C(COCc1ccccc1)N1CCC[C@@H]1CO. The van der Waals surface area contributed by atoms with Crippen molar-refractivity contribution in [2.75, 3.05) is 19.8 Å². The van der Waals surface area contributed by atoms with Crippen LogP contribution in [0.2, 0.25) is 0 Å². The van der Waals surface area contributed by atoms with E-state index in [1.54, 1.807) is 4.90 Å². The number of aliphatic hydroxyl groups is 1. The number of hydrogen-bond donors (Lipinski definition) is 1. The molecule has 1 heterocycles. The summed E-state index contributed by atoms with van der Waals surface area (Å²) in [6.45, 7) is 1.32. The van der Waals surface area contributed by atoms with Crippen molar-refractivity contribution >= 4 is 5.91 Å². The van der Waals surface area contributed by atoms with Gasteiger partial charge in [-0.25, -0.2) is 0 Å². The number of aliphatic hydroxyl groups excluding tert-OH is 1. The number of hydrogen-bond acceptors (Lipinski definition) is 3. The number of rotatable bonds is 5. The van der Waals surface area contributed by atoms with Gasteiger partial charge in [-0.05, 0) is 18.4 Å². The Morgan fingerprint density at radius 1 is 1.39 bits per heavy atom. The summed E-state index contributed by atoms with van der Waals surface area (Å²) in [5.74, 6) is -0.0255. The first kappa shape index (κ1) is 13.1. The molecule has 2 rings (SSSR count). The van der Waals surface area contributed by atoms with Gasteiger partial charge in [0, 0.05) is 6.54 Å². The van der Waals surface area contributed by atoms with Crippen molar-refractivity contribution in [1.29, 1.82) is 0 Å². The molecular formula is C14H19NO3. The number of likely N-dealkylation sites (tertiary alicyclic amines) is 1. The summed E-state index contributed by atoms with van der Waals surface area (Å²) in [6.07, 6.45) is 1.86. The Morgan fingerprint density at radius 3 is 2.89 bits per heavy atom. The van der Waals surface area contributed by atoms with Gasteiger partial charge in [-0.2, -0.15) is 0 Å². The van der Waals surface area contributed by atoms with E-state index in [0.29, 0.717) is 6.61 Å². The van der Waals surface area contributed by atoms with Crippen molar-refractivity contribution in [1.82, 2.24) is 4.90 Å². The maximum absolute atomic E-state index is 11.9. The van der Waals surface area contributed by atoms with Crippen LogP contribution in [-0.2, 0) is 16.1 Å². The van der Waals surface area contributed by atoms with Crippen molar-refractivity contribution in [2.45, 2.75) is 25.5 Å². The molecule has 1 N–H and O–H groups in total. The Kier molecular flexibility index (Phi) is 4.73. The molecule has 98 valence electrons. The highest BCUT2D eigenvalue weighted by atomic mass is 16.5. The topological polar surface area (TPSA) is 49.8 Å². The Morgan fingerprint density at radius 2 is 2.17 bits per heavy atom. The van der Waals surface area contributed by atoms with Crippen LogP contribution in [0, 0.1) is 0 Å². The molecule has 4 heteroatoms. The van der Waals surface area contributed by atoms with Crippen molar-refractivity contribution in [3.63, 3.8) is 0 Å². The minimum absolute atomic E-state index is 0.0159. The maximum atomic E-state index is 11.9. The Bertz CT molecular complexity index is 380. The number of carbonyl (C=O) groups is 1. The van der Waals surface area contributed by atoms with Crippen molar-refractivity contribution in [3.8, 4) is 0 Å². The average Bonchev–Trinajstić information content (AvgIpc) is 2.88. The van der Waals surface area contributed by atoms with Crippen LogP contribution < -0.4 is 0 Å². The highest BCUT2D eigenvalue weighted by molar-refractivity contribution is 5.78. The van der Waals surface area contributed by atoms with Gasteiger partial charge in [0.2, 0.25) is 5.91 Å². The number of carbonyl (C=O) groups excluding carboxylic acids is 1. The van der Waals surface area contributed by atoms with E-state index < -0.39 is 0 Å². The molecule has 1 saturated heterocycles. The summed E-state index contributed by atoms with van der Waals surface area (Å²) in [5.41, 5.74) is 1.06. The molecule has 0 bridgehead atoms. The second-order valence-corrected chi connectivity index (χ2v) is 4.54. The highest BCUT2D eigenvalue weighted by Crippen LogP contribution is 2.16. The molecule has 18 heavy (non-hydrogen) atoms. The molecule has 1 aromatic carbocycles. The summed E-state index contributed by atoms with van der Waals surface area (Å²) >= 11 is 0. The minimum Gasteiger partial charge on any atom is -0.394 e. The molecular weight excluding hydrogens is 230 g/mol. The van der Waals surface area contributed by atoms with Crippen LogP contribution in [0.4, 0.5) is 0 Å². The molecule has 0 aliphatic carbocycles. The van der Waals surface area contributed by atoms with Gasteiger partial charge in [0.1, 0.15) is 6.61 Å². The molecule has 4 nitrogen and oxygen atoms in total. The predicted molar refractivity (Wildman–Crippen MR) is 67.9 cm³/mol. The molecule has 1 aliphatic rings. The van der Waals surface area contributed by atoms with E-state index in [1.165, 1.54) is 0 Å². The van der Waals surface area contributed by atoms with Crippen LogP contribution >= 0.6 is 0 Å². The number of ether oxygens (including phenoxy) is 1. The standard InChI is InChI=1S/C14H19NO3/c16-9-13-7-4-8-15(13)14(17)11-18-10-12-5-2-1-3-6-12/h1-3,5-6,13,16H,4,7-11H2/t13-/m1/s1. The lowest BCUT2D eigenvalue weighted by Gasteiger charge is -2.22. The maximum Gasteiger partial charge on any atom is 0.248 e. The van der Waals surface area contributed by atoms with Crippen molar-refractivity contribution < 1.29 is 14.6 Å². The third-order valence-corrected chi connectivity index (χ3v) is 3.25. The second-order valence-electron chi connectivity index (χ2n) is 4.54. The van der Waals surface area contributed by atoms with Crippen LogP contribution in [0.3, 0.4) is 0 Å². The molecule has 1 aliphatic heterocycles. The monoisotopic (exact) mass is 249 g/mol. The van der Waals surface area contributed by atoms with Gasteiger partial charge >= 0.3 is 0 Å². The first-order chi connectivity index (χ1) is 8.81. The van der Waals surface area contributed by atoms with E-state index in [9.17, 15) is 4.79 Å². The lowest BCUT2D eigenvalue weighted by atomic mass is 10.2. The van der Waals surface area contributed by atoms with E-state index in [2.05, 4.69) is 0 Å². The zero-order chi connectivity index (χ0) is 12.8. The van der Waals surface area contributed by atoms with Crippen LogP contribution in [0.5, 0.6) is 0 Å². The Labute approximate surface area is 107 Å². The van der Waals surface area contributed by atoms with Gasteiger partial charge in [0.25, 0.3) is 0 Å². The molecule has 1 amide bonds. The van der Waals surface area contributed by atoms with Crippen molar-refractivity contribution in [2.24, 2.45) is 0 Å². The smallest absolute Gasteiger partial charge is 0.248 e. The van der Waals surface area contributed by atoms with Crippen LogP contribution in [-0.4, -0.2) is 41.7 Å². The van der Waals surface area contributed by atoms with Gasteiger partial charge in [0.05, 0.1) is 19.3 Å². The van der Waals surface area contributed by atoms with E-state index in [4.69, 9.17) is 9.84 Å². The molecule has 0 saturated carbocycles. The quantitative estimate of drug-likeness (QED) is 0.852. The summed E-state index contributed by atoms with van der Waals surface area (Å²) in [5, 5.41) is 9.15. The van der Waals surface area contributed by atoms with Gasteiger partial charge in [-0.1, -0.05) is 30.3 Å². The fourth-order valence-corrected chi connectivity index (χ4v) is 2.27. The zero-order valence-corrected chi connectivity index (χ0v) is 10.4. The fourth-order valence-electron chi connectivity index (χ4n) is 2.27. The van der Waals surface area contributed by atoms with E-state index in [1.807, 2.05) is 30.3 Å². The molecule has 0 spiro atoms. The lowest BCUT2D eigenvalue weighted by molar-refractivity contribution is -0.138. The third kappa shape index (κ3) is 3.31. The molecule has 0 unspecified atom stereocenters. The fraction of sp³-hybridized carbons (Fsp3) is 0.500. The van der Waals surface area contributed by atoms with Crippen LogP contribution in [0.1, 0.15) is 18.4 Å². The first-order valence-corrected chi connectivity index (χ1v) is 6.33. The Balaban J connectivity index is 1.75. The van der Waals surface area contributed by atoms with Gasteiger partial charge in [0.15, 0.2) is 0 Å². The summed E-state index contributed by atoms with van der Waals surface area (Å²) in [7, 11) is 0. The van der Waals surface area contributed by atoms with Gasteiger partial charge < -0.3 is 14.7 Å². The largest absolute Gasteiger partial charge is 0.394 e. The predicted octanol–water partition coefficient (Wildman–Crippen LogP) is 1.19. The van der Waals surface area contributed by atoms with Gasteiger partial charge in [-0.15, -0.1) is 0 Å². The van der Waals surface area contributed by atoms with E-state index in [0.717, 1.165) is 24.9 Å². The minimum atomic E-state index is -0.0255. The van der Waals surface area contributed by atoms with Crippen molar-refractivity contribution in [3.05, 3.63) is 35.9 Å². The van der Waals surface area contributed by atoms with Crippen LogP contribution in [0.15, 0.2) is 30.3 Å². The van der Waals surface area contributed by atoms with Crippen LogP contribution in [0.25, 0.3) is 0 Å². The normalized spacial score (nSPS) is 19.2. The number of benzene rings is 1. The summed E-state index contributed by atoms with van der Waals surface area (Å²) < 4.78 is 5.41. The second kappa shape index (κ2) is 6.52. The van der Waals surface area contributed by atoms with E-state index >= 15 is 0 Å². The molecule has 1 fully saturated rings. The number of amides is 1. The molecule has 0 aromatic heterocycles. The third-order valence-electron chi connectivity index (χ3n) is 3.25. The van der Waals surface area contributed by atoms with Gasteiger partial charge in [-0.3, -0.25) is 4.79 Å².